The summed E-state index contributed by atoms with van der Waals surface area (Å²) in [4.78, 5) is 0. The van der Waals surface area contributed by atoms with Crippen LogP contribution < -0.4 is 5.32 Å². The lowest BCUT2D eigenvalue weighted by molar-refractivity contribution is 0.612. The van der Waals surface area contributed by atoms with Gasteiger partial charge in [-0.1, -0.05) is 28.1 Å². The van der Waals surface area contributed by atoms with Crippen molar-refractivity contribution in [3.63, 3.8) is 0 Å². The highest BCUT2D eigenvalue weighted by Crippen LogP contribution is 2.17. The summed E-state index contributed by atoms with van der Waals surface area (Å²) in [5, 5.41) is 3.21. The summed E-state index contributed by atoms with van der Waals surface area (Å²) in [5.41, 5.74) is 2.84. The van der Waals surface area contributed by atoms with Gasteiger partial charge in [-0.05, 0) is 42.8 Å². The van der Waals surface area contributed by atoms with Gasteiger partial charge in [-0.25, -0.2) is 4.39 Å². The molecule has 0 bridgehead atoms. The van der Waals surface area contributed by atoms with Gasteiger partial charge >= 0.3 is 0 Å². The van der Waals surface area contributed by atoms with Crippen LogP contribution in [-0.4, -0.2) is 0 Å². The average molecular weight is 294 g/mol. The molecule has 0 unspecified atom stereocenters. The van der Waals surface area contributed by atoms with E-state index in [1.807, 2.05) is 31.2 Å². The highest BCUT2D eigenvalue weighted by molar-refractivity contribution is 9.10. The fourth-order valence-electron chi connectivity index (χ4n) is 1.63. The Morgan fingerprint density at radius 2 is 2.00 bits per heavy atom. The first kappa shape index (κ1) is 12.1. The van der Waals surface area contributed by atoms with Gasteiger partial charge in [0.05, 0.1) is 0 Å². The molecule has 0 saturated carbocycles. The van der Waals surface area contributed by atoms with Crippen LogP contribution in [0.2, 0.25) is 0 Å². The molecular weight excluding hydrogens is 281 g/mol. The second kappa shape index (κ2) is 5.32. The number of rotatable bonds is 3. The zero-order chi connectivity index (χ0) is 12.3. The van der Waals surface area contributed by atoms with Gasteiger partial charge in [0, 0.05) is 22.3 Å². The van der Waals surface area contributed by atoms with Gasteiger partial charge in [-0.2, -0.15) is 0 Å². The van der Waals surface area contributed by atoms with Crippen molar-refractivity contribution >= 4 is 21.6 Å². The molecule has 2 aromatic carbocycles. The molecular formula is C14H13BrFN. The van der Waals surface area contributed by atoms with Crippen LogP contribution in [0.5, 0.6) is 0 Å². The molecule has 0 aliphatic heterocycles. The van der Waals surface area contributed by atoms with Crippen molar-refractivity contribution in [2.24, 2.45) is 0 Å². The van der Waals surface area contributed by atoms with Gasteiger partial charge in [-0.3, -0.25) is 0 Å². The van der Waals surface area contributed by atoms with Crippen LogP contribution in [0.1, 0.15) is 11.1 Å². The SMILES string of the molecule is Cc1cccc(NCc2cc(Br)ccc2F)c1. The molecule has 1 nitrogen and oxygen atoms in total. The highest BCUT2D eigenvalue weighted by Gasteiger charge is 2.02. The Morgan fingerprint density at radius 3 is 2.76 bits per heavy atom. The number of nitrogens with one attached hydrogen (secondary N) is 1. The highest BCUT2D eigenvalue weighted by atomic mass is 79.9. The Labute approximate surface area is 109 Å². The maximum Gasteiger partial charge on any atom is 0.128 e. The zero-order valence-electron chi connectivity index (χ0n) is 9.50. The second-order valence-electron chi connectivity index (χ2n) is 3.96. The van der Waals surface area contributed by atoms with E-state index in [0.717, 1.165) is 10.2 Å². The van der Waals surface area contributed by atoms with Gasteiger partial charge in [-0.15, -0.1) is 0 Å². The minimum atomic E-state index is -0.187. The molecule has 1 N–H and O–H groups in total. The van der Waals surface area contributed by atoms with Gasteiger partial charge in [0.1, 0.15) is 5.82 Å². The molecule has 0 spiro atoms. The maximum absolute atomic E-state index is 13.5. The van der Waals surface area contributed by atoms with E-state index in [4.69, 9.17) is 0 Å². The number of hydrogen-bond donors (Lipinski definition) is 1. The fourth-order valence-corrected chi connectivity index (χ4v) is 2.04. The van der Waals surface area contributed by atoms with Crippen LogP contribution in [-0.2, 0) is 6.54 Å². The van der Waals surface area contributed by atoms with Gasteiger partial charge in [0.2, 0.25) is 0 Å². The lowest BCUT2D eigenvalue weighted by Crippen LogP contribution is -2.01. The molecule has 0 aliphatic carbocycles. The molecule has 17 heavy (non-hydrogen) atoms. The Hall–Kier alpha value is -1.35. The molecule has 0 aliphatic rings. The summed E-state index contributed by atoms with van der Waals surface area (Å²) in [6.07, 6.45) is 0. The maximum atomic E-state index is 13.5. The topological polar surface area (TPSA) is 12.0 Å². The summed E-state index contributed by atoms with van der Waals surface area (Å²) in [6.45, 7) is 2.51. The first-order valence-electron chi connectivity index (χ1n) is 5.39. The van der Waals surface area contributed by atoms with Crippen molar-refractivity contribution in [1.29, 1.82) is 0 Å². The van der Waals surface area contributed by atoms with Crippen molar-refractivity contribution in [3.8, 4) is 0 Å². The van der Waals surface area contributed by atoms with E-state index in [-0.39, 0.29) is 5.82 Å². The summed E-state index contributed by atoms with van der Waals surface area (Å²) in [5.74, 6) is -0.187. The smallest absolute Gasteiger partial charge is 0.128 e. The summed E-state index contributed by atoms with van der Waals surface area (Å²) >= 11 is 3.34. The normalized spacial score (nSPS) is 10.3. The number of aryl methyl sites for hydroxylation is 1. The molecule has 2 rings (SSSR count). The fraction of sp³-hybridized carbons (Fsp3) is 0.143. The van der Waals surface area contributed by atoms with Crippen molar-refractivity contribution in [3.05, 3.63) is 63.9 Å². The molecule has 0 amide bonds. The number of benzene rings is 2. The van der Waals surface area contributed by atoms with E-state index in [1.54, 1.807) is 12.1 Å². The van der Waals surface area contributed by atoms with Crippen LogP contribution in [0.3, 0.4) is 0 Å². The first-order valence-corrected chi connectivity index (χ1v) is 6.19. The minimum Gasteiger partial charge on any atom is -0.381 e. The Balaban J connectivity index is 2.09. The third-order valence-electron chi connectivity index (χ3n) is 2.51. The zero-order valence-corrected chi connectivity index (χ0v) is 11.1. The van der Waals surface area contributed by atoms with Crippen LogP contribution in [0, 0.1) is 12.7 Å². The van der Waals surface area contributed by atoms with Gasteiger partial charge in [0.15, 0.2) is 0 Å². The second-order valence-corrected chi connectivity index (χ2v) is 4.87. The van der Waals surface area contributed by atoms with Crippen LogP contribution in [0.25, 0.3) is 0 Å². The van der Waals surface area contributed by atoms with Crippen molar-refractivity contribution in [2.75, 3.05) is 5.32 Å². The van der Waals surface area contributed by atoms with Crippen molar-refractivity contribution in [1.82, 2.24) is 0 Å². The largest absolute Gasteiger partial charge is 0.381 e. The van der Waals surface area contributed by atoms with E-state index in [0.29, 0.717) is 12.1 Å². The predicted octanol–water partition coefficient (Wildman–Crippen LogP) is 4.51. The molecule has 88 valence electrons. The lowest BCUT2D eigenvalue weighted by Gasteiger charge is -2.08. The molecule has 0 heterocycles. The van der Waals surface area contributed by atoms with Gasteiger partial charge < -0.3 is 5.32 Å². The van der Waals surface area contributed by atoms with E-state index in [9.17, 15) is 4.39 Å². The summed E-state index contributed by atoms with van der Waals surface area (Å²) < 4.78 is 14.4. The molecule has 0 radical (unpaired) electrons. The molecule has 0 aromatic heterocycles. The third-order valence-corrected chi connectivity index (χ3v) is 3.00. The first-order chi connectivity index (χ1) is 8.15. The molecule has 3 heteroatoms. The van der Waals surface area contributed by atoms with Crippen molar-refractivity contribution in [2.45, 2.75) is 13.5 Å². The standard InChI is InChI=1S/C14H13BrFN/c1-10-3-2-4-13(7-10)17-9-11-8-12(15)5-6-14(11)16/h2-8,17H,9H2,1H3. The van der Waals surface area contributed by atoms with Gasteiger partial charge in [0.25, 0.3) is 0 Å². The Morgan fingerprint density at radius 1 is 1.18 bits per heavy atom. The predicted molar refractivity (Wildman–Crippen MR) is 72.6 cm³/mol. The third kappa shape index (κ3) is 3.30. The Bertz CT molecular complexity index is 525. The summed E-state index contributed by atoms with van der Waals surface area (Å²) in [6, 6.07) is 13.0. The van der Waals surface area contributed by atoms with E-state index in [1.165, 1.54) is 11.6 Å². The Kier molecular flexibility index (Phi) is 3.79. The molecule has 0 saturated heterocycles. The molecule has 2 aromatic rings. The van der Waals surface area contributed by atoms with E-state index in [2.05, 4.69) is 21.2 Å². The number of anilines is 1. The molecule has 0 fully saturated rings. The lowest BCUT2D eigenvalue weighted by atomic mass is 10.2. The van der Waals surface area contributed by atoms with E-state index < -0.39 is 0 Å². The average Bonchev–Trinajstić information content (AvgIpc) is 2.30. The number of halogens is 2. The monoisotopic (exact) mass is 293 g/mol. The molecule has 0 atom stereocenters. The van der Waals surface area contributed by atoms with E-state index >= 15 is 0 Å². The van der Waals surface area contributed by atoms with Crippen LogP contribution in [0.15, 0.2) is 46.9 Å². The van der Waals surface area contributed by atoms with Crippen molar-refractivity contribution < 1.29 is 4.39 Å². The quantitative estimate of drug-likeness (QED) is 0.878. The number of hydrogen-bond acceptors (Lipinski definition) is 1. The van der Waals surface area contributed by atoms with Crippen LogP contribution in [0.4, 0.5) is 10.1 Å². The minimum absolute atomic E-state index is 0.187. The summed E-state index contributed by atoms with van der Waals surface area (Å²) in [7, 11) is 0. The van der Waals surface area contributed by atoms with Crippen LogP contribution >= 0.6 is 15.9 Å².